The van der Waals surface area contributed by atoms with E-state index in [1.54, 1.807) is 7.05 Å². The van der Waals surface area contributed by atoms with Crippen molar-refractivity contribution in [1.29, 1.82) is 0 Å². The van der Waals surface area contributed by atoms with E-state index in [9.17, 15) is 9.59 Å². The van der Waals surface area contributed by atoms with Crippen LogP contribution in [0.15, 0.2) is 24.3 Å². The van der Waals surface area contributed by atoms with Crippen LogP contribution in [0.3, 0.4) is 0 Å². The first kappa shape index (κ1) is 13.4. The molecule has 0 saturated carbocycles. The van der Waals surface area contributed by atoms with E-state index >= 15 is 0 Å². The fraction of sp³-hybridized carbons (Fsp3) is 0.429. The monoisotopic (exact) mass is 262 g/mol. The molecule has 1 aromatic carbocycles. The smallest absolute Gasteiger partial charge is 0.324 e. The van der Waals surface area contributed by atoms with Gasteiger partial charge < -0.3 is 10.0 Å². The largest absolute Gasteiger partial charge is 0.481 e. The van der Waals surface area contributed by atoms with Gasteiger partial charge >= 0.3 is 12.0 Å². The summed E-state index contributed by atoms with van der Waals surface area (Å²) in [7, 11) is 1.63. The van der Waals surface area contributed by atoms with Gasteiger partial charge in [-0.3, -0.25) is 9.69 Å². The van der Waals surface area contributed by atoms with Gasteiger partial charge in [0.15, 0.2) is 0 Å². The molecule has 1 saturated heterocycles. The van der Waals surface area contributed by atoms with Crippen LogP contribution in [0, 0.1) is 5.92 Å². The van der Waals surface area contributed by atoms with E-state index in [2.05, 4.69) is 6.92 Å². The summed E-state index contributed by atoms with van der Waals surface area (Å²) in [6, 6.07) is 7.52. The molecule has 0 spiro atoms. The van der Waals surface area contributed by atoms with E-state index in [0.717, 1.165) is 12.1 Å². The number of carbonyl (C=O) groups is 2. The summed E-state index contributed by atoms with van der Waals surface area (Å²) in [6.45, 7) is 2.55. The Morgan fingerprint density at radius 1 is 1.32 bits per heavy atom. The third-order valence-corrected chi connectivity index (χ3v) is 3.46. The fourth-order valence-corrected chi connectivity index (χ4v) is 2.25. The molecule has 1 unspecified atom stereocenters. The second-order valence-electron chi connectivity index (χ2n) is 4.83. The molecule has 1 atom stereocenters. The van der Waals surface area contributed by atoms with Crippen LogP contribution in [-0.2, 0) is 11.2 Å². The minimum absolute atomic E-state index is 0.151. The number of carbonyl (C=O) groups excluding carboxylic acids is 1. The lowest BCUT2D eigenvalue weighted by Gasteiger charge is -2.36. The average molecular weight is 262 g/mol. The molecule has 2 rings (SSSR count). The lowest BCUT2D eigenvalue weighted by Crippen LogP contribution is -2.54. The number of hydrogen-bond acceptors (Lipinski definition) is 2. The summed E-state index contributed by atoms with van der Waals surface area (Å²) in [5.74, 6) is -1.41. The van der Waals surface area contributed by atoms with Crippen LogP contribution < -0.4 is 4.90 Å². The van der Waals surface area contributed by atoms with Crippen LogP contribution in [-0.4, -0.2) is 42.1 Å². The molecule has 5 heteroatoms. The van der Waals surface area contributed by atoms with Crippen LogP contribution in [0.2, 0.25) is 0 Å². The number of aryl methyl sites for hydroxylation is 1. The van der Waals surface area contributed by atoms with E-state index < -0.39 is 11.9 Å². The third-order valence-electron chi connectivity index (χ3n) is 3.46. The van der Waals surface area contributed by atoms with Gasteiger partial charge in [-0.25, -0.2) is 4.79 Å². The average Bonchev–Trinajstić information content (AvgIpc) is 2.41. The molecule has 1 aromatic rings. The number of carboxylic acid groups (broad SMARTS) is 1. The van der Waals surface area contributed by atoms with Gasteiger partial charge in [-0.2, -0.15) is 0 Å². The second-order valence-corrected chi connectivity index (χ2v) is 4.83. The first-order valence-corrected chi connectivity index (χ1v) is 6.37. The molecule has 1 aliphatic rings. The zero-order valence-electron chi connectivity index (χ0n) is 11.2. The molecule has 0 bridgehead atoms. The maximum absolute atomic E-state index is 12.1. The van der Waals surface area contributed by atoms with Crippen molar-refractivity contribution in [1.82, 2.24) is 4.90 Å². The molecule has 5 nitrogen and oxygen atoms in total. The van der Waals surface area contributed by atoms with Crippen LogP contribution in [0.4, 0.5) is 10.5 Å². The molecule has 102 valence electrons. The fourth-order valence-electron chi connectivity index (χ4n) is 2.25. The minimum atomic E-state index is -0.866. The van der Waals surface area contributed by atoms with Crippen molar-refractivity contribution in [2.45, 2.75) is 13.3 Å². The van der Waals surface area contributed by atoms with Crippen LogP contribution >= 0.6 is 0 Å². The van der Waals surface area contributed by atoms with Crippen molar-refractivity contribution in [3.8, 4) is 0 Å². The summed E-state index contributed by atoms with van der Waals surface area (Å²) >= 11 is 0. The van der Waals surface area contributed by atoms with Gasteiger partial charge in [-0.15, -0.1) is 0 Å². The summed E-state index contributed by atoms with van der Waals surface area (Å²) in [5.41, 5.74) is 1.94. The zero-order valence-corrected chi connectivity index (χ0v) is 11.2. The van der Waals surface area contributed by atoms with Crippen molar-refractivity contribution in [2.75, 3.05) is 25.0 Å². The number of benzene rings is 1. The summed E-state index contributed by atoms with van der Waals surface area (Å²) < 4.78 is 0. The Hall–Kier alpha value is -2.04. The molecule has 0 aromatic heterocycles. The number of urea groups is 1. The summed E-state index contributed by atoms with van der Waals surface area (Å²) in [5, 5.41) is 9.12. The Bertz CT molecular complexity index is 484. The van der Waals surface area contributed by atoms with Crippen LogP contribution in [0.1, 0.15) is 12.5 Å². The van der Waals surface area contributed by atoms with E-state index in [1.807, 2.05) is 24.3 Å². The van der Waals surface area contributed by atoms with Gasteiger partial charge in [0.2, 0.25) is 0 Å². The summed E-state index contributed by atoms with van der Waals surface area (Å²) in [6.07, 6.45) is 0.936. The highest BCUT2D eigenvalue weighted by atomic mass is 16.4. The first-order valence-electron chi connectivity index (χ1n) is 6.37. The lowest BCUT2D eigenvalue weighted by atomic mass is 10.1. The van der Waals surface area contributed by atoms with Crippen LogP contribution in [0.5, 0.6) is 0 Å². The predicted molar refractivity (Wildman–Crippen MR) is 72.3 cm³/mol. The molecule has 1 fully saturated rings. The molecule has 2 amide bonds. The molecular formula is C14H18N2O3. The maximum Gasteiger partial charge on any atom is 0.324 e. The first-order chi connectivity index (χ1) is 9.02. The Morgan fingerprint density at radius 2 is 1.95 bits per heavy atom. The van der Waals surface area contributed by atoms with Gasteiger partial charge in [-0.1, -0.05) is 19.1 Å². The maximum atomic E-state index is 12.1. The number of rotatable bonds is 3. The number of carboxylic acids is 1. The minimum Gasteiger partial charge on any atom is -0.481 e. The van der Waals surface area contributed by atoms with Crippen molar-refractivity contribution >= 4 is 17.7 Å². The Kier molecular flexibility index (Phi) is 3.74. The van der Waals surface area contributed by atoms with Gasteiger partial charge in [0, 0.05) is 25.8 Å². The van der Waals surface area contributed by atoms with E-state index in [1.165, 1.54) is 15.4 Å². The number of aliphatic carboxylic acids is 1. The molecule has 1 aliphatic heterocycles. The molecule has 19 heavy (non-hydrogen) atoms. The summed E-state index contributed by atoms with van der Waals surface area (Å²) in [4.78, 5) is 26.2. The molecule has 1 heterocycles. The highest BCUT2D eigenvalue weighted by molar-refractivity contribution is 5.94. The van der Waals surface area contributed by atoms with Crippen molar-refractivity contribution in [3.63, 3.8) is 0 Å². The highest BCUT2D eigenvalue weighted by Gasteiger charge is 2.34. The third kappa shape index (κ3) is 2.70. The number of amides is 2. The van der Waals surface area contributed by atoms with Crippen LogP contribution in [0.25, 0.3) is 0 Å². The standard InChI is InChI=1S/C14H18N2O3/c1-3-10-4-6-12(7-5-10)16-9-11(13(17)18)8-15(2)14(16)19/h4-7,11H,3,8-9H2,1-2H3,(H,17,18). The van der Waals surface area contributed by atoms with Gasteiger partial charge in [0.25, 0.3) is 0 Å². The van der Waals surface area contributed by atoms with Gasteiger partial charge in [0.05, 0.1) is 5.92 Å². The van der Waals surface area contributed by atoms with E-state index in [0.29, 0.717) is 0 Å². The Labute approximate surface area is 112 Å². The normalized spacial score (nSPS) is 19.7. The Balaban J connectivity index is 2.24. The zero-order chi connectivity index (χ0) is 14.0. The number of nitrogens with zero attached hydrogens (tertiary/aromatic N) is 2. The van der Waals surface area contributed by atoms with Crippen molar-refractivity contribution in [2.24, 2.45) is 5.92 Å². The SMILES string of the molecule is CCc1ccc(N2CC(C(=O)O)CN(C)C2=O)cc1. The van der Waals surface area contributed by atoms with Crippen molar-refractivity contribution < 1.29 is 14.7 Å². The highest BCUT2D eigenvalue weighted by Crippen LogP contribution is 2.22. The number of hydrogen-bond donors (Lipinski definition) is 1. The van der Waals surface area contributed by atoms with E-state index in [4.69, 9.17) is 5.11 Å². The lowest BCUT2D eigenvalue weighted by molar-refractivity contribution is -0.141. The van der Waals surface area contributed by atoms with Gasteiger partial charge in [0.1, 0.15) is 0 Å². The number of anilines is 1. The van der Waals surface area contributed by atoms with Crippen molar-refractivity contribution in [3.05, 3.63) is 29.8 Å². The second kappa shape index (κ2) is 5.30. The molecule has 0 radical (unpaired) electrons. The molecular weight excluding hydrogens is 244 g/mol. The Morgan fingerprint density at radius 3 is 2.47 bits per heavy atom. The molecule has 1 N–H and O–H groups in total. The quantitative estimate of drug-likeness (QED) is 0.904. The predicted octanol–water partition coefficient (Wildman–Crippen LogP) is 1.82. The van der Waals surface area contributed by atoms with Gasteiger partial charge in [-0.05, 0) is 24.1 Å². The topological polar surface area (TPSA) is 60.9 Å². The molecule has 0 aliphatic carbocycles. The van der Waals surface area contributed by atoms with E-state index in [-0.39, 0.29) is 19.1 Å².